The van der Waals surface area contributed by atoms with Gasteiger partial charge in [-0.3, -0.25) is 14.5 Å². The maximum absolute atomic E-state index is 13.1. The van der Waals surface area contributed by atoms with E-state index in [4.69, 9.17) is 14.2 Å². The second kappa shape index (κ2) is 9.85. The predicted octanol–water partition coefficient (Wildman–Crippen LogP) is 2.61. The molecule has 4 heterocycles. The number of ether oxygens (including phenoxy) is 1. The van der Waals surface area contributed by atoms with Gasteiger partial charge in [0.15, 0.2) is 0 Å². The number of hydrogen-bond acceptors (Lipinski definition) is 7. The van der Waals surface area contributed by atoms with Crippen molar-refractivity contribution in [2.45, 2.75) is 77.9 Å². The number of amides is 1. The molecule has 1 atom stereocenters. The normalized spacial score (nSPS) is 19.2. The summed E-state index contributed by atoms with van der Waals surface area (Å²) >= 11 is 0. The van der Waals surface area contributed by atoms with Gasteiger partial charge < -0.3 is 19.1 Å². The summed E-state index contributed by atoms with van der Waals surface area (Å²) in [6.45, 7) is 8.94. The Kier molecular flexibility index (Phi) is 6.93. The van der Waals surface area contributed by atoms with Gasteiger partial charge in [0.2, 0.25) is 5.91 Å². The van der Waals surface area contributed by atoms with Crippen molar-refractivity contribution in [3.8, 4) is 5.88 Å². The molecule has 1 unspecified atom stereocenters. The largest absolute Gasteiger partial charge is 0.476 e. The number of likely N-dealkylation sites (tertiary alicyclic amines) is 1. The van der Waals surface area contributed by atoms with Crippen LogP contribution < -0.4 is 10.3 Å². The zero-order valence-electron chi connectivity index (χ0n) is 19.2. The Morgan fingerprint density at radius 2 is 2.19 bits per heavy atom. The number of aromatic amines is 1. The Morgan fingerprint density at radius 1 is 1.34 bits per heavy atom. The van der Waals surface area contributed by atoms with Crippen LogP contribution in [0.1, 0.15) is 75.3 Å². The second-order valence-corrected chi connectivity index (χ2v) is 8.85. The summed E-state index contributed by atoms with van der Waals surface area (Å²) in [5.41, 5.74) is 1.58. The number of aromatic nitrogens is 3. The Labute approximate surface area is 188 Å². The van der Waals surface area contributed by atoms with Crippen LogP contribution in [0.4, 0.5) is 0 Å². The van der Waals surface area contributed by atoms with E-state index in [-0.39, 0.29) is 17.5 Å². The zero-order valence-corrected chi connectivity index (χ0v) is 19.2. The van der Waals surface area contributed by atoms with Gasteiger partial charge in [-0.05, 0) is 51.6 Å². The molecule has 0 aliphatic carbocycles. The first-order valence-corrected chi connectivity index (χ1v) is 11.7. The number of carbonyl (C=O) groups excluding carboxylic acids is 1. The number of aryl methyl sites for hydroxylation is 1. The van der Waals surface area contributed by atoms with Crippen molar-refractivity contribution in [1.82, 2.24) is 24.9 Å². The highest BCUT2D eigenvalue weighted by molar-refractivity contribution is 5.77. The summed E-state index contributed by atoms with van der Waals surface area (Å²) in [5.74, 6) is 1.72. The van der Waals surface area contributed by atoms with E-state index in [1.165, 1.54) is 0 Å². The average molecular weight is 444 g/mol. The van der Waals surface area contributed by atoms with Crippen LogP contribution in [0.2, 0.25) is 0 Å². The third-order valence-electron chi connectivity index (χ3n) is 6.41. The van der Waals surface area contributed by atoms with Crippen molar-refractivity contribution in [1.29, 1.82) is 0 Å². The first kappa shape index (κ1) is 22.5. The summed E-state index contributed by atoms with van der Waals surface area (Å²) in [5, 5.41) is 3.85. The third-order valence-corrected chi connectivity index (χ3v) is 6.41. The number of H-pyrrole nitrogens is 1. The van der Waals surface area contributed by atoms with E-state index in [1.54, 1.807) is 6.07 Å². The fraction of sp³-hybridized carbons (Fsp3) is 0.652. The van der Waals surface area contributed by atoms with Crippen LogP contribution in [0.25, 0.3) is 0 Å². The number of nitrogens with zero attached hydrogens (tertiary/aromatic N) is 4. The van der Waals surface area contributed by atoms with Crippen LogP contribution in [0, 0.1) is 0 Å². The molecule has 32 heavy (non-hydrogen) atoms. The Hall–Kier alpha value is -2.68. The van der Waals surface area contributed by atoms with E-state index in [9.17, 15) is 9.59 Å². The number of fused-ring (bicyclic) bond motifs is 1. The predicted molar refractivity (Wildman–Crippen MR) is 118 cm³/mol. The van der Waals surface area contributed by atoms with E-state index >= 15 is 0 Å². The maximum atomic E-state index is 13.1. The molecule has 2 aliphatic rings. The minimum atomic E-state index is -0.197. The molecule has 9 nitrogen and oxygen atoms in total. The van der Waals surface area contributed by atoms with E-state index < -0.39 is 0 Å². The minimum absolute atomic E-state index is 0.0354. The molecule has 1 fully saturated rings. The number of nitrogens with one attached hydrogen (secondary N) is 1. The summed E-state index contributed by atoms with van der Waals surface area (Å²) in [4.78, 5) is 38.0. The highest BCUT2D eigenvalue weighted by Crippen LogP contribution is 2.30. The highest BCUT2D eigenvalue weighted by Gasteiger charge is 2.31. The van der Waals surface area contributed by atoms with Gasteiger partial charge in [-0.15, -0.1) is 0 Å². The molecule has 0 bridgehead atoms. The van der Waals surface area contributed by atoms with Crippen molar-refractivity contribution in [2.24, 2.45) is 0 Å². The lowest BCUT2D eigenvalue weighted by Crippen LogP contribution is -2.42. The smallest absolute Gasteiger partial charge is 0.254 e. The van der Waals surface area contributed by atoms with Crippen molar-refractivity contribution in [3.05, 3.63) is 39.3 Å². The Balaban J connectivity index is 1.49. The van der Waals surface area contributed by atoms with Gasteiger partial charge in [0.1, 0.15) is 11.6 Å². The number of rotatable bonds is 7. The molecular formula is C23H33N5O4. The quantitative estimate of drug-likeness (QED) is 0.701. The zero-order chi connectivity index (χ0) is 22.7. The summed E-state index contributed by atoms with van der Waals surface area (Å²) < 4.78 is 10.6. The number of hydrogen-bond donors (Lipinski definition) is 1. The van der Waals surface area contributed by atoms with Gasteiger partial charge >= 0.3 is 0 Å². The third kappa shape index (κ3) is 4.87. The molecule has 174 valence electrons. The fourth-order valence-corrected chi connectivity index (χ4v) is 4.59. The lowest BCUT2D eigenvalue weighted by Gasteiger charge is -2.36. The Morgan fingerprint density at radius 3 is 2.97 bits per heavy atom. The number of carbonyl (C=O) groups is 1. The van der Waals surface area contributed by atoms with Gasteiger partial charge in [0.05, 0.1) is 18.3 Å². The summed E-state index contributed by atoms with van der Waals surface area (Å²) in [7, 11) is 0. The molecule has 1 saturated heterocycles. The van der Waals surface area contributed by atoms with Gasteiger partial charge in [-0.25, -0.2) is 4.98 Å². The SMILES string of the molecule is CCOc1cc(CCC(=O)N2CCCCC2c2nc3c(c(=O)[nH]2)CCN(C(C)C)C3)on1. The van der Waals surface area contributed by atoms with Crippen LogP contribution in [0.3, 0.4) is 0 Å². The molecule has 1 amide bonds. The molecule has 2 aromatic rings. The standard InChI is InChI=1S/C23H33N5O4/c1-4-31-20-13-16(32-26-20)8-9-21(29)28-11-6-5-7-19(28)22-24-18-14-27(15(2)3)12-10-17(18)23(30)25-22/h13,15,19H,4-12,14H2,1-3H3,(H,24,25,30). The van der Waals surface area contributed by atoms with Crippen LogP contribution in [0.15, 0.2) is 15.4 Å². The molecule has 0 spiro atoms. The van der Waals surface area contributed by atoms with E-state index in [0.29, 0.717) is 62.5 Å². The molecule has 9 heteroatoms. The molecular weight excluding hydrogens is 410 g/mol. The molecule has 2 aliphatic heterocycles. The van der Waals surface area contributed by atoms with E-state index in [1.807, 2.05) is 11.8 Å². The van der Waals surface area contributed by atoms with Gasteiger partial charge in [0.25, 0.3) is 11.4 Å². The van der Waals surface area contributed by atoms with Crippen LogP contribution >= 0.6 is 0 Å². The van der Waals surface area contributed by atoms with Crippen LogP contribution in [-0.4, -0.2) is 56.6 Å². The molecule has 0 saturated carbocycles. The lowest BCUT2D eigenvalue weighted by molar-refractivity contribution is -0.135. The molecule has 0 radical (unpaired) electrons. The monoisotopic (exact) mass is 443 g/mol. The summed E-state index contributed by atoms with van der Waals surface area (Å²) in [6, 6.07) is 1.94. The van der Waals surface area contributed by atoms with Crippen molar-refractivity contribution in [3.63, 3.8) is 0 Å². The first-order chi connectivity index (χ1) is 15.5. The van der Waals surface area contributed by atoms with Crippen LogP contribution in [-0.2, 0) is 24.2 Å². The topological polar surface area (TPSA) is 105 Å². The highest BCUT2D eigenvalue weighted by atomic mass is 16.5. The van der Waals surface area contributed by atoms with Gasteiger partial charge in [0, 0.05) is 50.1 Å². The molecule has 2 aromatic heterocycles. The number of piperidine rings is 1. The van der Waals surface area contributed by atoms with Crippen molar-refractivity contribution < 1.29 is 14.1 Å². The maximum Gasteiger partial charge on any atom is 0.254 e. The molecule has 1 N–H and O–H groups in total. The second-order valence-electron chi connectivity index (χ2n) is 8.85. The molecule has 0 aromatic carbocycles. The van der Waals surface area contributed by atoms with Crippen molar-refractivity contribution in [2.75, 3.05) is 19.7 Å². The van der Waals surface area contributed by atoms with Gasteiger partial charge in [-0.2, -0.15) is 0 Å². The first-order valence-electron chi connectivity index (χ1n) is 11.7. The average Bonchev–Trinajstić information content (AvgIpc) is 3.24. The van der Waals surface area contributed by atoms with Gasteiger partial charge in [-0.1, -0.05) is 0 Å². The fourth-order valence-electron chi connectivity index (χ4n) is 4.59. The van der Waals surface area contributed by atoms with Crippen LogP contribution in [0.5, 0.6) is 5.88 Å². The van der Waals surface area contributed by atoms with E-state index in [0.717, 1.165) is 37.1 Å². The Bertz CT molecular complexity index is 999. The lowest BCUT2D eigenvalue weighted by atomic mass is 9.99. The van der Waals surface area contributed by atoms with Crippen molar-refractivity contribution >= 4 is 5.91 Å². The molecule has 4 rings (SSSR count). The minimum Gasteiger partial charge on any atom is -0.476 e. The van der Waals surface area contributed by atoms with E-state index in [2.05, 4.69) is 28.9 Å². The summed E-state index contributed by atoms with van der Waals surface area (Å²) in [6.07, 6.45) is 4.25.